The first-order chi connectivity index (χ1) is 8.15. The average molecular weight is 257 g/mol. The molecule has 0 atom stereocenters. The molecule has 1 aromatic rings. The van der Waals surface area contributed by atoms with Crippen LogP contribution < -0.4 is 15.4 Å². The summed E-state index contributed by atoms with van der Waals surface area (Å²) in [6.07, 6.45) is 0. The molecule has 0 aliphatic heterocycles. The van der Waals surface area contributed by atoms with Crippen LogP contribution in [0.25, 0.3) is 0 Å². The van der Waals surface area contributed by atoms with Gasteiger partial charge in [0, 0.05) is 5.69 Å². The SMILES string of the molecule is CCOc1ccc(NC(=O)NC(=O)CCl)cc1. The fraction of sp³-hybridized carbons (Fsp3) is 0.273. The molecule has 0 radical (unpaired) electrons. The van der Waals surface area contributed by atoms with Crippen molar-refractivity contribution >= 4 is 29.2 Å². The molecule has 5 nitrogen and oxygen atoms in total. The Morgan fingerprint density at radius 1 is 1.29 bits per heavy atom. The standard InChI is InChI=1S/C11H13ClN2O3/c1-2-17-9-5-3-8(4-6-9)13-11(16)14-10(15)7-12/h3-6H,2,7H2,1H3,(H2,13,14,15,16). The van der Waals surface area contributed by atoms with Crippen molar-refractivity contribution in [3.63, 3.8) is 0 Å². The number of benzene rings is 1. The minimum Gasteiger partial charge on any atom is -0.494 e. The molecule has 0 aliphatic rings. The second-order valence-electron chi connectivity index (χ2n) is 3.09. The zero-order chi connectivity index (χ0) is 12.7. The van der Waals surface area contributed by atoms with Crippen molar-refractivity contribution < 1.29 is 14.3 Å². The molecule has 0 unspecified atom stereocenters. The molecule has 0 saturated heterocycles. The van der Waals surface area contributed by atoms with Gasteiger partial charge in [-0.1, -0.05) is 0 Å². The molecule has 0 aliphatic carbocycles. The van der Waals surface area contributed by atoms with Crippen LogP contribution in [-0.4, -0.2) is 24.4 Å². The molecule has 92 valence electrons. The lowest BCUT2D eigenvalue weighted by atomic mass is 10.3. The van der Waals surface area contributed by atoms with Gasteiger partial charge in [-0.2, -0.15) is 0 Å². The number of rotatable bonds is 4. The summed E-state index contributed by atoms with van der Waals surface area (Å²) in [4.78, 5) is 22.1. The lowest BCUT2D eigenvalue weighted by Gasteiger charge is -2.07. The second-order valence-corrected chi connectivity index (χ2v) is 3.36. The van der Waals surface area contributed by atoms with Gasteiger partial charge in [0.1, 0.15) is 11.6 Å². The van der Waals surface area contributed by atoms with Crippen molar-refractivity contribution in [2.45, 2.75) is 6.92 Å². The predicted molar refractivity (Wildman–Crippen MR) is 65.5 cm³/mol. The highest BCUT2D eigenvalue weighted by molar-refractivity contribution is 6.28. The molecule has 17 heavy (non-hydrogen) atoms. The number of anilines is 1. The van der Waals surface area contributed by atoms with Crippen LogP contribution in [0.1, 0.15) is 6.92 Å². The van der Waals surface area contributed by atoms with Gasteiger partial charge >= 0.3 is 6.03 Å². The lowest BCUT2D eigenvalue weighted by molar-refractivity contribution is -0.117. The summed E-state index contributed by atoms with van der Waals surface area (Å²) in [6, 6.07) is 6.19. The second kappa shape index (κ2) is 6.75. The van der Waals surface area contributed by atoms with Gasteiger partial charge in [0.2, 0.25) is 5.91 Å². The number of amides is 3. The monoisotopic (exact) mass is 256 g/mol. The first kappa shape index (κ1) is 13.3. The Kier molecular flexibility index (Phi) is 5.29. The third-order valence-electron chi connectivity index (χ3n) is 1.80. The molecule has 3 amide bonds. The molecule has 0 aromatic heterocycles. The van der Waals surface area contributed by atoms with Crippen LogP contribution >= 0.6 is 11.6 Å². The Morgan fingerprint density at radius 3 is 2.47 bits per heavy atom. The number of hydrogen-bond donors (Lipinski definition) is 2. The minimum absolute atomic E-state index is 0.253. The third kappa shape index (κ3) is 4.74. The van der Waals surface area contributed by atoms with Gasteiger partial charge in [-0.15, -0.1) is 11.6 Å². The van der Waals surface area contributed by atoms with E-state index in [1.54, 1.807) is 24.3 Å². The zero-order valence-corrected chi connectivity index (χ0v) is 10.1. The highest BCUT2D eigenvalue weighted by Crippen LogP contribution is 2.15. The van der Waals surface area contributed by atoms with E-state index in [1.165, 1.54) is 0 Å². The van der Waals surface area contributed by atoms with Crippen LogP contribution in [0, 0.1) is 0 Å². The average Bonchev–Trinajstić information content (AvgIpc) is 2.31. The van der Waals surface area contributed by atoms with Gasteiger partial charge in [-0.3, -0.25) is 10.1 Å². The number of halogens is 1. The van der Waals surface area contributed by atoms with Crippen LogP contribution in [0.4, 0.5) is 10.5 Å². The minimum atomic E-state index is -0.611. The fourth-order valence-electron chi connectivity index (χ4n) is 1.12. The molecule has 1 rings (SSSR count). The quantitative estimate of drug-likeness (QED) is 0.810. The van der Waals surface area contributed by atoms with E-state index in [0.29, 0.717) is 12.3 Å². The molecule has 6 heteroatoms. The van der Waals surface area contributed by atoms with Crippen LogP contribution in [0.2, 0.25) is 0 Å². The molecular formula is C11H13ClN2O3. The summed E-state index contributed by atoms with van der Waals surface area (Å²) in [5.41, 5.74) is 0.563. The van der Waals surface area contributed by atoms with E-state index in [1.807, 2.05) is 6.92 Å². The Labute approximate surface area is 104 Å². The molecule has 0 heterocycles. The van der Waals surface area contributed by atoms with E-state index in [9.17, 15) is 9.59 Å². The van der Waals surface area contributed by atoms with E-state index in [2.05, 4.69) is 10.6 Å². The lowest BCUT2D eigenvalue weighted by Crippen LogP contribution is -2.35. The zero-order valence-electron chi connectivity index (χ0n) is 9.33. The van der Waals surface area contributed by atoms with Gasteiger partial charge in [0.25, 0.3) is 0 Å². The number of ether oxygens (including phenoxy) is 1. The first-order valence-corrected chi connectivity index (χ1v) is 5.58. The highest BCUT2D eigenvalue weighted by atomic mass is 35.5. The van der Waals surface area contributed by atoms with E-state index in [4.69, 9.17) is 16.3 Å². The number of hydrogen-bond acceptors (Lipinski definition) is 3. The summed E-state index contributed by atoms with van der Waals surface area (Å²) < 4.78 is 5.25. The highest BCUT2D eigenvalue weighted by Gasteiger charge is 2.06. The first-order valence-electron chi connectivity index (χ1n) is 5.05. The summed E-state index contributed by atoms with van der Waals surface area (Å²) in [7, 11) is 0. The number of alkyl halides is 1. The van der Waals surface area contributed by atoms with Crippen molar-refractivity contribution in [3.8, 4) is 5.75 Å². The topological polar surface area (TPSA) is 67.4 Å². The van der Waals surface area contributed by atoms with Crippen molar-refractivity contribution in [3.05, 3.63) is 24.3 Å². The molecule has 0 spiro atoms. The van der Waals surface area contributed by atoms with E-state index in [-0.39, 0.29) is 5.88 Å². The summed E-state index contributed by atoms with van der Waals surface area (Å²) in [5.74, 6) is -0.0816. The predicted octanol–water partition coefficient (Wildman–Crippen LogP) is 1.97. The number of urea groups is 1. The number of carbonyl (C=O) groups excluding carboxylic acids is 2. The Balaban J connectivity index is 2.51. The Bertz CT molecular complexity index is 392. The van der Waals surface area contributed by atoms with E-state index >= 15 is 0 Å². The molecular weight excluding hydrogens is 244 g/mol. The largest absolute Gasteiger partial charge is 0.494 e. The van der Waals surface area contributed by atoms with Gasteiger partial charge < -0.3 is 10.1 Å². The number of carbonyl (C=O) groups is 2. The molecule has 0 fully saturated rings. The van der Waals surface area contributed by atoms with Crippen molar-refractivity contribution in [1.29, 1.82) is 0 Å². The smallest absolute Gasteiger partial charge is 0.325 e. The normalized spacial score (nSPS) is 9.53. The van der Waals surface area contributed by atoms with Crippen molar-refractivity contribution in [2.24, 2.45) is 0 Å². The van der Waals surface area contributed by atoms with Gasteiger partial charge in [-0.25, -0.2) is 4.79 Å². The van der Waals surface area contributed by atoms with E-state index < -0.39 is 11.9 Å². The van der Waals surface area contributed by atoms with Crippen molar-refractivity contribution in [2.75, 3.05) is 17.8 Å². The maximum atomic E-state index is 11.3. The van der Waals surface area contributed by atoms with Crippen LogP contribution in [0.3, 0.4) is 0 Å². The summed E-state index contributed by atoms with van der Waals surface area (Å²) >= 11 is 5.25. The third-order valence-corrected chi connectivity index (χ3v) is 2.04. The molecule has 1 aromatic carbocycles. The number of imide groups is 1. The van der Waals surface area contributed by atoms with Gasteiger partial charge in [-0.05, 0) is 31.2 Å². The number of nitrogens with one attached hydrogen (secondary N) is 2. The van der Waals surface area contributed by atoms with Gasteiger partial charge in [0.15, 0.2) is 0 Å². The van der Waals surface area contributed by atoms with E-state index in [0.717, 1.165) is 5.75 Å². The van der Waals surface area contributed by atoms with Crippen LogP contribution in [0.15, 0.2) is 24.3 Å². The molecule has 0 bridgehead atoms. The Hall–Kier alpha value is -1.75. The van der Waals surface area contributed by atoms with Crippen molar-refractivity contribution in [1.82, 2.24) is 5.32 Å². The molecule has 2 N–H and O–H groups in total. The maximum absolute atomic E-state index is 11.3. The van der Waals surface area contributed by atoms with Gasteiger partial charge in [0.05, 0.1) is 6.61 Å². The van der Waals surface area contributed by atoms with Crippen LogP contribution in [-0.2, 0) is 4.79 Å². The van der Waals surface area contributed by atoms with Crippen LogP contribution in [0.5, 0.6) is 5.75 Å². The fourth-order valence-corrected chi connectivity index (χ4v) is 1.19. The Morgan fingerprint density at radius 2 is 1.94 bits per heavy atom. The maximum Gasteiger partial charge on any atom is 0.325 e. The summed E-state index contributed by atoms with van der Waals surface area (Å²) in [6.45, 7) is 2.47. The summed E-state index contributed by atoms with van der Waals surface area (Å²) in [5, 5.41) is 4.56. The molecule has 0 saturated carbocycles.